The van der Waals surface area contributed by atoms with Gasteiger partial charge in [0.2, 0.25) is 0 Å². The molecule has 19 heavy (non-hydrogen) atoms. The summed E-state index contributed by atoms with van der Waals surface area (Å²) in [6, 6.07) is 3.69. The van der Waals surface area contributed by atoms with E-state index in [0.717, 1.165) is 15.9 Å². The van der Waals surface area contributed by atoms with Gasteiger partial charge in [0.15, 0.2) is 5.76 Å². The molecule has 0 bridgehead atoms. The van der Waals surface area contributed by atoms with Gasteiger partial charge in [-0.05, 0) is 25.1 Å². The minimum absolute atomic E-state index is 0.0263. The Labute approximate surface area is 108 Å². The predicted octanol–water partition coefficient (Wildman–Crippen LogP) is 1.90. The molecule has 0 unspecified atom stereocenters. The first-order chi connectivity index (χ1) is 9.20. The minimum Gasteiger partial charge on any atom is -0.404 e. The highest BCUT2D eigenvalue weighted by molar-refractivity contribution is 6.10. The van der Waals surface area contributed by atoms with Crippen molar-refractivity contribution in [2.75, 3.05) is 6.54 Å². The van der Waals surface area contributed by atoms with Gasteiger partial charge >= 0.3 is 6.09 Å². The molecule has 6 nitrogen and oxygen atoms in total. The summed E-state index contributed by atoms with van der Waals surface area (Å²) in [5.41, 5.74) is 2.30. The van der Waals surface area contributed by atoms with Crippen molar-refractivity contribution in [1.82, 2.24) is 14.9 Å². The molecule has 1 aliphatic rings. The van der Waals surface area contributed by atoms with Gasteiger partial charge in [0.05, 0.1) is 11.0 Å². The van der Waals surface area contributed by atoms with E-state index in [9.17, 15) is 9.59 Å². The van der Waals surface area contributed by atoms with E-state index < -0.39 is 12.0 Å². The number of amides is 2. The standard InChI is InChI=1S/C13H11N3O3/c1-2-16-12(17)10(19-13(16)18)6-8-7-15-9-4-3-5-14-11(8)9/h3-7,15H,2H2,1H3/b10-6-. The van der Waals surface area contributed by atoms with Crippen LogP contribution in [-0.4, -0.2) is 33.4 Å². The van der Waals surface area contributed by atoms with E-state index in [0.29, 0.717) is 12.1 Å². The fraction of sp³-hybridized carbons (Fsp3) is 0.154. The van der Waals surface area contributed by atoms with Crippen molar-refractivity contribution in [2.45, 2.75) is 6.92 Å². The van der Waals surface area contributed by atoms with Crippen LogP contribution in [0.15, 0.2) is 30.3 Å². The molecule has 1 saturated heterocycles. The summed E-state index contributed by atoms with van der Waals surface area (Å²) in [5.74, 6) is -0.392. The van der Waals surface area contributed by atoms with E-state index in [-0.39, 0.29) is 5.76 Å². The average molecular weight is 257 g/mol. The Bertz CT molecular complexity index is 702. The Kier molecular flexibility index (Phi) is 2.56. The molecule has 1 fully saturated rings. The van der Waals surface area contributed by atoms with Gasteiger partial charge in [-0.25, -0.2) is 9.69 Å². The summed E-state index contributed by atoms with van der Waals surface area (Å²) in [7, 11) is 0. The number of carbonyl (C=O) groups is 2. The van der Waals surface area contributed by atoms with Crippen molar-refractivity contribution < 1.29 is 14.3 Å². The van der Waals surface area contributed by atoms with Crippen LogP contribution >= 0.6 is 0 Å². The number of carbonyl (C=O) groups excluding carboxylic acids is 2. The number of nitrogens with zero attached hydrogens (tertiary/aromatic N) is 2. The Balaban J connectivity index is 2.03. The number of likely N-dealkylation sites (N-methyl/N-ethyl adjacent to an activating group) is 1. The highest BCUT2D eigenvalue weighted by Crippen LogP contribution is 2.22. The fourth-order valence-corrected chi connectivity index (χ4v) is 2.00. The molecule has 3 heterocycles. The molecule has 1 aliphatic heterocycles. The molecular weight excluding hydrogens is 246 g/mol. The Morgan fingerprint density at radius 2 is 2.32 bits per heavy atom. The van der Waals surface area contributed by atoms with Crippen LogP contribution in [0, 0.1) is 0 Å². The van der Waals surface area contributed by atoms with Crippen LogP contribution < -0.4 is 0 Å². The fourth-order valence-electron chi connectivity index (χ4n) is 2.00. The second-order valence-corrected chi connectivity index (χ2v) is 4.07. The SMILES string of the molecule is CCN1C(=O)O/C(=C\c2c[nH]c3cccnc23)C1=O. The van der Waals surface area contributed by atoms with E-state index in [1.165, 1.54) is 6.08 Å². The third-order valence-electron chi connectivity index (χ3n) is 2.94. The van der Waals surface area contributed by atoms with Crippen molar-refractivity contribution in [1.29, 1.82) is 0 Å². The first-order valence-corrected chi connectivity index (χ1v) is 5.88. The zero-order valence-electron chi connectivity index (χ0n) is 10.2. The van der Waals surface area contributed by atoms with Gasteiger partial charge in [-0.3, -0.25) is 9.78 Å². The maximum absolute atomic E-state index is 11.9. The number of ether oxygens (including phenoxy) is 1. The van der Waals surface area contributed by atoms with Gasteiger partial charge in [0.25, 0.3) is 5.91 Å². The van der Waals surface area contributed by atoms with E-state index in [4.69, 9.17) is 4.74 Å². The van der Waals surface area contributed by atoms with E-state index in [1.54, 1.807) is 19.3 Å². The summed E-state index contributed by atoms with van der Waals surface area (Å²) >= 11 is 0. The van der Waals surface area contributed by atoms with Crippen molar-refractivity contribution in [3.63, 3.8) is 0 Å². The molecule has 3 rings (SSSR count). The lowest BCUT2D eigenvalue weighted by Crippen LogP contribution is -2.28. The number of pyridine rings is 1. The third-order valence-corrected chi connectivity index (χ3v) is 2.94. The third kappa shape index (κ3) is 1.77. The molecule has 0 aromatic carbocycles. The van der Waals surface area contributed by atoms with Gasteiger partial charge < -0.3 is 9.72 Å². The number of hydrogen-bond acceptors (Lipinski definition) is 4. The maximum atomic E-state index is 11.9. The van der Waals surface area contributed by atoms with E-state index >= 15 is 0 Å². The van der Waals surface area contributed by atoms with Crippen LogP contribution in [0.3, 0.4) is 0 Å². The number of aromatic amines is 1. The largest absolute Gasteiger partial charge is 0.422 e. The summed E-state index contributed by atoms with van der Waals surface area (Å²) in [6.45, 7) is 2.01. The molecule has 0 aliphatic carbocycles. The van der Waals surface area contributed by atoms with Crippen LogP contribution in [-0.2, 0) is 9.53 Å². The van der Waals surface area contributed by atoms with Gasteiger partial charge in [-0.2, -0.15) is 0 Å². The van der Waals surface area contributed by atoms with Crippen LogP contribution in [0.2, 0.25) is 0 Å². The monoisotopic (exact) mass is 257 g/mol. The summed E-state index contributed by atoms with van der Waals surface area (Å²) in [4.78, 5) is 31.6. The zero-order chi connectivity index (χ0) is 13.4. The summed E-state index contributed by atoms with van der Waals surface area (Å²) in [5, 5.41) is 0. The first kappa shape index (κ1) is 11.5. The Morgan fingerprint density at radius 3 is 3.05 bits per heavy atom. The lowest BCUT2D eigenvalue weighted by molar-refractivity contribution is -0.123. The highest BCUT2D eigenvalue weighted by atomic mass is 16.6. The molecule has 6 heteroatoms. The lowest BCUT2D eigenvalue weighted by atomic mass is 10.2. The predicted molar refractivity (Wildman–Crippen MR) is 67.9 cm³/mol. The van der Waals surface area contributed by atoms with E-state index in [2.05, 4.69) is 9.97 Å². The summed E-state index contributed by atoms with van der Waals surface area (Å²) in [6.07, 6.45) is 4.28. The van der Waals surface area contributed by atoms with Crippen LogP contribution in [0.25, 0.3) is 17.1 Å². The average Bonchev–Trinajstić information content (AvgIpc) is 2.93. The van der Waals surface area contributed by atoms with Gasteiger partial charge in [-0.15, -0.1) is 0 Å². The molecule has 0 saturated carbocycles. The number of rotatable bonds is 2. The molecule has 96 valence electrons. The molecule has 0 radical (unpaired) electrons. The quantitative estimate of drug-likeness (QED) is 0.834. The molecule has 2 aromatic heterocycles. The molecule has 2 amide bonds. The first-order valence-electron chi connectivity index (χ1n) is 5.88. The lowest BCUT2D eigenvalue weighted by Gasteiger charge is -2.03. The zero-order valence-corrected chi connectivity index (χ0v) is 10.2. The van der Waals surface area contributed by atoms with Crippen LogP contribution in [0.4, 0.5) is 4.79 Å². The van der Waals surface area contributed by atoms with Gasteiger partial charge in [0.1, 0.15) is 0 Å². The molecule has 0 spiro atoms. The smallest absolute Gasteiger partial charge is 0.404 e. The Morgan fingerprint density at radius 1 is 1.47 bits per heavy atom. The topological polar surface area (TPSA) is 75.3 Å². The van der Waals surface area contributed by atoms with Crippen LogP contribution in [0.1, 0.15) is 12.5 Å². The maximum Gasteiger partial charge on any atom is 0.422 e. The number of imide groups is 1. The minimum atomic E-state index is -0.633. The number of fused-ring (bicyclic) bond motifs is 1. The van der Waals surface area contributed by atoms with Crippen molar-refractivity contribution in [2.24, 2.45) is 0 Å². The molecular formula is C13H11N3O3. The van der Waals surface area contributed by atoms with Crippen LogP contribution in [0.5, 0.6) is 0 Å². The Hall–Kier alpha value is -2.63. The molecule has 1 N–H and O–H groups in total. The van der Waals surface area contributed by atoms with E-state index in [1.807, 2.05) is 12.1 Å². The second-order valence-electron chi connectivity index (χ2n) is 4.07. The molecule has 0 atom stereocenters. The second kappa shape index (κ2) is 4.24. The number of nitrogens with one attached hydrogen (secondary N) is 1. The van der Waals surface area contributed by atoms with Crippen molar-refractivity contribution >= 4 is 29.1 Å². The normalized spacial score (nSPS) is 17.5. The molecule has 2 aromatic rings. The number of H-pyrrole nitrogens is 1. The number of hydrogen-bond donors (Lipinski definition) is 1. The van der Waals surface area contributed by atoms with Crippen molar-refractivity contribution in [3.05, 3.63) is 35.8 Å². The highest BCUT2D eigenvalue weighted by Gasteiger charge is 2.35. The summed E-state index contributed by atoms with van der Waals surface area (Å²) < 4.78 is 4.96. The van der Waals surface area contributed by atoms with Gasteiger partial charge in [0, 0.05) is 24.5 Å². The van der Waals surface area contributed by atoms with Gasteiger partial charge in [-0.1, -0.05) is 0 Å². The number of aromatic nitrogens is 2. The van der Waals surface area contributed by atoms with Crippen molar-refractivity contribution in [3.8, 4) is 0 Å². The number of cyclic esters (lactones) is 1.